The van der Waals surface area contributed by atoms with E-state index in [1.165, 1.54) is 148 Å². The topological polar surface area (TPSA) is 72.8 Å². The smallest absolute Gasteiger partial charge is 0.306 e. The molecule has 0 aromatic heterocycles. The highest BCUT2D eigenvalue weighted by molar-refractivity contribution is 5.70. The van der Waals surface area contributed by atoms with E-state index in [-0.39, 0.29) is 25.2 Å². The number of unbranched alkanes of at least 4 members (excludes halogenated alkanes) is 25. The van der Waals surface area contributed by atoms with Crippen molar-refractivity contribution in [1.82, 2.24) is 0 Å². The summed E-state index contributed by atoms with van der Waals surface area (Å²) in [6.45, 7) is 4.11. The highest BCUT2D eigenvalue weighted by atomic mass is 16.6. The second kappa shape index (κ2) is 41.5. The Morgan fingerprint density at radius 2 is 0.800 bits per heavy atom. The number of aliphatic hydroxyl groups is 1. The minimum absolute atomic E-state index is 0.0682. The van der Waals surface area contributed by atoms with Crippen LogP contribution in [-0.4, -0.2) is 36.4 Å². The molecule has 0 aliphatic heterocycles. The first kappa shape index (κ1) is 48.1. The molecule has 1 N–H and O–H groups in total. The predicted octanol–water partition coefficient (Wildman–Crippen LogP) is 13.6. The molecule has 50 heavy (non-hydrogen) atoms. The van der Waals surface area contributed by atoms with E-state index in [1.807, 2.05) is 0 Å². The van der Waals surface area contributed by atoms with E-state index in [2.05, 4.69) is 50.3 Å². The number of aliphatic hydroxyl groups excluding tert-OH is 1. The molecule has 0 saturated carbocycles. The average Bonchev–Trinajstić information content (AvgIpc) is 3.12. The van der Waals surface area contributed by atoms with Crippen LogP contribution >= 0.6 is 0 Å². The maximum Gasteiger partial charge on any atom is 0.306 e. The number of esters is 2. The number of allylic oxidation sites excluding steroid dienone is 6. The van der Waals surface area contributed by atoms with Gasteiger partial charge in [-0.25, -0.2) is 0 Å². The summed E-state index contributed by atoms with van der Waals surface area (Å²) in [7, 11) is 0. The molecule has 0 aliphatic rings. The maximum absolute atomic E-state index is 12.2. The fourth-order valence-corrected chi connectivity index (χ4v) is 6.11. The molecule has 5 nitrogen and oxygen atoms in total. The lowest BCUT2D eigenvalue weighted by Crippen LogP contribution is -2.28. The van der Waals surface area contributed by atoms with Crippen LogP contribution in [0.15, 0.2) is 36.5 Å². The Balaban J connectivity index is 3.54. The van der Waals surface area contributed by atoms with Gasteiger partial charge in [0.2, 0.25) is 0 Å². The van der Waals surface area contributed by atoms with E-state index < -0.39 is 6.10 Å². The normalized spacial score (nSPS) is 12.5. The Bertz CT molecular complexity index is 801. The lowest BCUT2D eigenvalue weighted by atomic mass is 10.1. The van der Waals surface area contributed by atoms with Crippen molar-refractivity contribution in [3.05, 3.63) is 36.5 Å². The minimum atomic E-state index is -0.774. The van der Waals surface area contributed by atoms with Crippen LogP contribution in [0.3, 0.4) is 0 Å². The monoisotopic (exact) mass is 703 g/mol. The predicted molar refractivity (Wildman–Crippen MR) is 214 cm³/mol. The fraction of sp³-hybridized carbons (Fsp3) is 0.822. The van der Waals surface area contributed by atoms with Crippen LogP contribution in [0.4, 0.5) is 0 Å². The molecule has 1 atom stereocenters. The van der Waals surface area contributed by atoms with Crippen LogP contribution in [-0.2, 0) is 19.1 Å². The van der Waals surface area contributed by atoms with Crippen molar-refractivity contribution in [2.45, 2.75) is 225 Å². The van der Waals surface area contributed by atoms with Crippen LogP contribution in [0.1, 0.15) is 219 Å². The molecule has 5 heteroatoms. The van der Waals surface area contributed by atoms with Gasteiger partial charge in [-0.3, -0.25) is 9.59 Å². The summed E-state index contributed by atoms with van der Waals surface area (Å²) in [5, 5.41) is 9.58. The zero-order valence-electron chi connectivity index (χ0n) is 33.2. The van der Waals surface area contributed by atoms with E-state index >= 15 is 0 Å². The van der Waals surface area contributed by atoms with Crippen molar-refractivity contribution in [2.75, 3.05) is 13.2 Å². The molecule has 292 valence electrons. The number of rotatable bonds is 39. The molecule has 0 amide bonds. The number of ether oxygens (including phenoxy) is 2. The van der Waals surface area contributed by atoms with Gasteiger partial charge in [0.25, 0.3) is 0 Å². The van der Waals surface area contributed by atoms with Gasteiger partial charge < -0.3 is 14.6 Å². The Hall–Kier alpha value is -1.88. The lowest BCUT2D eigenvalue weighted by molar-refractivity contribution is -0.161. The molecule has 0 saturated heterocycles. The molecular weight excluding hydrogens is 620 g/mol. The molecule has 0 bridgehead atoms. The van der Waals surface area contributed by atoms with E-state index in [0.717, 1.165) is 44.9 Å². The quantitative estimate of drug-likeness (QED) is 0.0392. The van der Waals surface area contributed by atoms with Crippen LogP contribution in [0, 0.1) is 0 Å². The van der Waals surface area contributed by atoms with E-state index in [0.29, 0.717) is 12.8 Å². The van der Waals surface area contributed by atoms with Crippen molar-refractivity contribution < 1.29 is 24.2 Å². The zero-order valence-corrected chi connectivity index (χ0v) is 33.2. The average molecular weight is 703 g/mol. The van der Waals surface area contributed by atoms with Gasteiger partial charge in [0, 0.05) is 12.8 Å². The second-order valence-corrected chi connectivity index (χ2v) is 14.4. The molecule has 0 unspecified atom stereocenters. The third-order valence-electron chi connectivity index (χ3n) is 9.41. The lowest BCUT2D eigenvalue weighted by Gasteiger charge is -2.15. The maximum atomic E-state index is 12.2. The number of carbonyl (C=O) groups is 2. The van der Waals surface area contributed by atoms with Crippen LogP contribution in [0.25, 0.3) is 0 Å². The minimum Gasteiger partial charge on any atom is -0.462 e. The van der Waals surface area contributed by atoms with Gasteiger partial charge in [0.05, 0.1) is 6.61 Å². The van der Waals surface area contributed by atoms with Crippen molar-refractivity contribution >= 4 is 11.9 Å². The Kier molecular flexibility index (Phi) is 40.0. The molecule has 0 radical (unpaired) electrons. The van der Waals surface area contributed by atoms with E-state index in [9.17, 15) is 14.7 Å². The number of carbonyl (C=O) groups excluding carboxylic acids is 2. The first-order valence-corrected chi connectivity index (χ1v) is 21.5. The summed E-state index contributed by atoms with van der Waals surface area (Å²) in [5.74, 6) is -0.595. The third kappa shape index (κ3) is 38.9. The SMILES string of the molecule is CCCCCC=CCC=CCCCCCCCCCCCC(=O)OC[C@H](CO)OC(=O)CCCCCCCCCC=CCCCCCCCC. The molecule has 0 aromatic rings. The zero-order chi connectivity index (χ0) is 36.4. The summed E-state index contributed by atoms with van der Waals surface area (Å²) in [6.07, 6.45) is 50.6. The summed E-state index contributed by atoms with van der Waals surface area (Å²) in [6, 6.07) is 0. The highest BCUT2D eigenvalue weighted by Gasteiger charge is 2.16. The molecule has 0 rings (SSSR count). The van der Waals surface area contributed by atoms with Gasteiger partial charge in [-0.1, -0.05) is 172 Å². The van der Waals surface area contributed by atoms with E-state index in [4.69, 9.17) is 9.47 Å². The standard InChI is InChI=1S/C45H82O5/c1-3-5-7-9-11-13-15-17-19-21-22-24-25-27-29-31-33-35-37-39-44(47)49-42-43(41-46)50-45(48)40-38-36-34-32-30-28-26-23-20-18-16-14-12-10-8-6-4-2/h11,13,17-20,43,46H,3-10,12,14-16,21-42H2,1-2H3/t43-/m0/s1. The number of hydrogen-bond acceptors (Lipinski definition) is 5. The number of hydrogen-bond donors (Lipinski definition) is 1. The van der Waals surface area contributed by atoms with Gasteiger partial charge in [-0.05, 0) is 70.6 Å². The van der Waals surface area contributed by atoms with Crippen molar-refractivity contribution in [3.63, 3.8) is 0 Å². The van der Waals surface area contributed by atoms with Gasteiger partial charge in [-0.15, -0.1) is 0 Å². The summed E-state index contributed by atoms with van der Waals surface area (Å²) in [4.78, 5) is 24.3. The first-order chi connectivity index (χ1) is 24.6. The molecule has 0 spiro atoms. The molecule has 0 aromatic carbocycles. The summed E-state index contributed by atoms with van der Waals surface area (Å²) < 4.78 is 10.6. The van der Waals surface area contributed by atoms with Gasteiger partial charge in [-0.2, -0.15) is 0 Å². The van der Waals surface area contributed by atoms with Crippen molar-refractivity contribution in [1.29, 1.82) is 0 Å². The summed E-state index contributed by atoms with van der Waals surface area (Å²) in [5.41, 5.74) is 0. The van der Waals surface area contributed by atoms with Crippen molar-refractivity contribution in [2.24, 2.45) is 0 Å². The summed E-state index contributed by atoms with van der Waals surface area (Å²) >= 11 is 0. The van der Waals surface area contributed by atoms with Crippen LogP contribution in [0.2, 0.25) is 0 Å². The van der Waals surface area contributed by atoms with Gasteiger partial charge >= 0.3 is 11.9 Å². The van der Waals surface area contributed by atoms with Crippen molar-refractivity contribution in [3.8, 4) is 0 Å². The highest BCUT2D eigenvalue weighted by Crippen LogP contribution is 2.14. The van der Waals surface area contributed by atoms with Gasteiger partial charge in [0.1, 0.15) is 6.61 Å². The third-order valence-corrected chi connectivity index (χ3v) is 9.41. The molecular formula is C45H82O5. The molecule has 0 fully saturated rings. The Labute approximate surface area is 310 Å². The molecule has 0 aliphatic carbocycles. The van der Waals surface area contributed by atoms with Crippen LogP contribution < -0.4 is 0 Å². The fourth-order valence-electron chi connectivity index (χ4n) is 6.11. The Morgan fingerprint density at radius 3 is 1.24 bits per heavy atom. The van der Waals surface area contributed by atoms with Crippen LogP contribution in [0.5, 0.6) is 0 Å². The Morgan fingerprint density at radius 1 is 0.460 bits per heavy atom. The first-order valence-electron chi connectivity index (χ1n) is 21.5. The van der Waals surface area contributed by atoms with E-state index in [1.54, 1.807) is 0 Å². The van der Waals surface area contributed by atoms with Gasteiger partial charge in [0.15, 0.2) is 6.10 Å². The molecule has 0 heterocycles. The largest absolute Gasteiger partial charge is 0.462 e. The second-order valence-electron chi connectivity index (χ2n) is 14.4.